The number of hydrogen-bond acceptors (Lipinski definition) is 6. The maximum absolute atomic E-state index is 10.9. The van der Waals surface area contributed by atoms with Gasteiger partial charge in [0, 0.05) is 5.02 Å². The zero-order valence-electron chi connectivity index (χ0n) is 17.4. The van der Waals surface area contributed by atoms with E-state index in [1.165, 1.54) is 6.07 Å². The Hall–Kier alpha value is -1.54. The molecule has 3 N–H and O–H groups in total. The second-order valence-corrected chi connectivity index (χ2v) is 10.8. The largest absolute Gasteiger partial charge is 0.386 e. The van der Waals surface area contributed by atoms with E-state index in [4.69, 9.17) is 16.7 Å². The summed E-state index contributed by atoms with van der Waals surface area (Å²) in [6, 6.07) is 5.13. The second-order valence-electron chi connectivity index (χ2n) is 7.70. The molecule has 0 saturated carbocycles. The van der Waals surface area contributed by atoms with Crippen LogP contribution in [0.1, 0.15) is 70.1 Å². The molecule has 0 fully saturated rings. The van der Waals surface area contributed by atoms with E-state index in [1.54, 1.807) is 25.3 Å². The van der Waals surface area contributed by atoms with Crippen molar-refractivity contribution in [1.29, 1.82) is 0 Å². The summed E-state index contributed by atoms with van der Waals surface area (Å²) < 4.78 is 21.8. The van der Waals surface area contributed by atoms with Gasteiger partial charge in [-0.1, -0.05) is 39.3 Å². The van der Waals surface area contributed by atoms with Crippen LogP contribution < -0.4 is 5.14 Å². The minimum Gasteiger partial charge on any atom is -0.386 e. The van der Waals surface area contributed by atoms with E-state index < -0.39 is 15.6 Å². The number of isocyanates is 1. The lowest BCUT2D eigenvalue weighted by molar-refractivity contribution is 0.0789. The van der Waals surface area contributed by atoms with Crippen LogP contribution in [0.2, 0.25) is 5.02 Å². The Morgan fingerprint density at radius 1 is 1.14 bits per heavy atom. The highest BCUT2D eigenvalue weighted by atomic mass is 35.5. The molecule has 2 aromatic rings. The first-order valence-electron chi connectivity index (χ1n) is 8.93. The third-order valence-electron chi connectivity index (χ3n) is 4.10. The number of rotatable bonds is 5. The highest BCUT2D eigenvalue weighted by molar-refractivity contribution is 7.91. The summed E-state index contributed by atoms with van der Waals surface area (Å²) in [7, 11) is -3.63. The summed E-state index contributed by atoms with van der Waals surface area (Å²) in [5.74, 6) is 0.562. The van der Waals surface area contributed by atoms with Gasteiger partial charge in [-0.3, -0.25) is 0 Å². The lowest BCUT2D eigenvalue weighted by Gasteiger charge is -2.16. The van der Waals surface area contributed by atoms with Gasteiger partial charge < -0.3 is 5.11 Å². The van der Waals surface area contributed by atoms with Gasteiger partial charge in [-0.2, -0.15) is 4.99 Å². The number of halogens is 1. The fraction of sp³-hybridized carbons (Fsp3) is 0.450. The number of primary sulfonamides is 1. The smallest absolute Gasteiger partial charge is 0.247 e. The Morgan fingerprint density at radius 2 is 1.62 bits per heavy atom. The maximum Gasteiger partial charge on any atom is 0.247 e. The first-order chi connectivity index (χ1) is 13.2. The van der Waals surface area contributed by atoms with E-state index in [2.05, 4.69) is 32.7 Å². The van der Waals surface area contributed by atoms with Gasteiger partial charge in [0.05, 0.1) is 11.3 Å². The standard InChI is InChI=1S/C13H16ClNO.C7H11NO3S2/c1-8(2)11-5-10(14)6-12(9(3)4)13(11)15-7-16;1-7(2,9)5-3-6(12-4-5)13(8,10)11/h5-6,8-9H,1-4H3;3-4,9H,1-2H3,(H2,8,10,11). The van der Waals surface area contributed by atoms with Crippen molar-refractivity contribution in [2.75, 3.05) is 0 Å². The first kappa shape index (κ1) is 25.5. The number of nitrogens with zero attached hydrogens (tertiary/aromatic N) is 1. The molecule has 9 heteroatoms. The Balaban J connectivity index is 0.000000296. The molecule has 0 radical (unpaired) electrons. The van der Waals surface area contributed by atoms with Gasteiger partial charge in [-0.05, 0) is 66.0 Å². The molecule has 1 heterocycles. The number of nitrogens with two attached hydrogens (primary N) is 1. The lowest BCUT2D eigenvalue weighted by Crippen LogP contribution is -2.15. The van der Waals surface area contributed by atoms with Crippen molar-refractivity contribution in [1.82, 2.24) is 0 Å². The van der Waals surface area contributed by atoms with E-state index in [1.807, 2.05) is 12.1 Å². The van der Waals surface area contributed by atoms with Crippen molar-refractivity contribution in [2.24, 2.45) is 10.1 Å². The number of aliphatic imine (C=N–C) groups is 1. The average Bonchev–Trinajstić information content (AvgIpc) is 3.07. The summed E-state index contributed by atoms with van der Waals surface area (Å²) in [5.41, 5.74) is 2.25. The van der Waals surface area contributed by atoms with Crippen molar-refractivity contribution in [3.8, 4) is 0 Å². The Labute approximate surface area is 181 Å². The molecule has 29 heavy (non-hydrogen) atoms. The fourth-order valence-electron chi connectivity index (χ4n) is 2.48. The quantitative estimate of drug-likeness (QED) is 0.475. The van der Waals surface area contributed by atoms with Crippen LogP contribution in [0.3, 0.4) is 0 Å². The molecule has 0 aliphatic carbocycles. The van der Waals surface area contributed by atoms with Crippen LogP contribution in [0.15, 0.2) is 32.8 Å². The van der Waals surface area contributed by atoms with E-state index >= 15 is 0 Å². The minimum absolute atomic E-state index is 0.0737. The third-order valence-corrected chi connectivity index (χ3v) is 6.70. The van der Waals surface area contributed by atoms with Gasteiger partial charge in [-0.15, -0.1) is 11.3 Å². The van der Waals surface area contributed by atoms with Crippen LogP contribution in [0.5, 0.6) is 0 Å². The van der Waals surface area contributed by atoms with Crippen LogP contribution in [-0.4, -0.2) is 19.6 Å². The number of carbonyl (C=O) groups excluding carboxylic acids is 1. The summed E-state index contributed by atoms with van der Waals surface area (Å²) >= 11 is 7.08. The molecule has 1 aromatic heterocycles. The molecule has 0 spiro atoms. The first-order valence-corrected chi connectivity index (χ1v) is 11.7. The van der Waals surface area contributed by atoms with Gasteiger partial charge in [0.15, 0.2) is 0 Å². The summed E-state index contributed by atoms with van der Waals surface area (Å²) in [6.45, 7) is 11.4. The van der Waals surface area contributed by atoms with Crippen LogP contribution in [0.25, 0.3) is 0 Å². The van der Waals surface area contributed by atoms with Gasteiger partial charge in [0.25, 0.3) is 0 Å². The number of sulfonamides is 1. The van der Waals surface area contributed by atoms with E-state index in [0.717, 1.165) is 28.2 Å². The zero-order chi connectivity index (χ0) is 22.6. The number of hydrogen-bond donors (Lipinski definition) is 2. The van der Waals surface area contributed by atoms with Gasteiger partial charge >= 0.3 is 0 Å². The van der Waals surface area contributed by atoms with E-state index in [9.17, 15) is 18.3 Å². The molecule has 0 bridgehead atoms. The monoisotopic (exact) mass is 458 g/mol. The van der Waals surface area contributed by atoms with Crippen LogP contribution >= 0.6 is 22.9 Å². The van der Waals surface area contributed by atoms with Gasteiger partial charge in [0.2, 0.25) is 16.1 Å². The molecule has 6 nitrogen and oxygen atoms in total. The predicted octanol–water partition coefficient (Wildman–Crippen LogP) is 5.18. The van der Waals surface area contributed by atoms with E-state index in [0.29, 0.717) is 10.6 Å². The van der Waals surface area contributed by atoms with Crippen molar-refractivity contribution < 1.29 is 18.3 Å². The Bertz CT molecular complexity index is 971. The van der Waals surface area contributed by atoms with Crippen molar-refractivity contribution in [3.63, 3.8) is 0 Å². The molecule has 0 aliphatic rings. The fourth-order valence-corrected chi connectivity index (χ4v) is 4.49. The SMILES string of the molecule is CC(C)(O)c1csc(S(N)(=O)=O)c1.CC(C)c1cc(Cl)cc(C(C)C)c1N=C=O. The maximum atomic E-state index is 10.9. The lowest BCUT2D eigenvalue weighted by atomic mass is 9.93. The Kier molecular flexibility index (Phi) is 8.77. The topological polar surface area (TPSA) is 110 Å². The van der Waals surface area contributed by atoms with Crippen molar-refractivity contribution in [3.05, 3.63) is 45.3 Å². The molecular formula is C20H27ClN2O4S2. The molecule has 160 valence electrons. The van der Waals surface area contributed by atoms with Crippen molar-refractivity contribution >= 4 is 44.7 Å². The average molecular weight is 459 g/mol. The van der Waals surface area contributed by atoms with Crippen molar-refractivity contribution in [2.45, 2.75) is 63.2 Å². The molecule has 0 atom stereocenters. The number of thiophene rings is 1. The summed E-state index contributed by atoms with van der Waals surface area (Å²) in [4.78, 5) is 14.3. The molecule has 0 amide bonds. The highest BCUT2D eigenvalue weighted by Gasteiger charge is 2.20. The number of aliphatic hydroxyl groups is 1. The Morgan fingerprint density at radius 3 is 1.90 bits per heavy atom. The molecule has 2 rings (SSSR count). The normalized spacial score (nSPS) is 11.8. The molecule has 1 aromatic carbocycles. The van der Waals surface area contributed by atoms with Crippen LogP contribution in [-0.2, 0) is 20.4 Å². The highest BCUT2D eigenvalue weighted by Crippen LogP contribution is 2.37. The predicted molar refractivity (Wildman–Crippen MR) is 118 cm³/mol. The third kappa shape index (κ3) is 7.33. The molecule has 0 saturated heterocycles. The van der Waals surface area contributed by atoms with Gasteiger partial charge in [-0.25, -0.2) is 18.4 Å². The van der Waals surface area contributed by atoms with Crippen LogP contribution in [0.4, 0.5) is 5.69 Å². The number of benzene rings is 1. The van der Waals surface area contributed by atoms with E-state index in [-0.39, 0.29) is 16.0 Å². The molecular weight excluding hydrogens is 432 g/mol. The summed E-state index contributed by atoms with van der Waals surface area (Å²) in [5, 5.41) is 16.7. The molecule has 0 unspecified atom stereocenters. The molecule has 0 aliphatic heterocycles. The zero-order valence-corrected chi connectivity index (χ0v) is 19.7. The van der Waals surface area contributed by atoms with Crippen LogP contribution in [0, 0.1) is 0 Å². The summed E-state index contributed by atoms with van der Waals surface area (Å²) in [6.07, 6.45) is 1.63. The minimum atomic E-state index is -3.63. The van der Waals surface area contributed by atoms with Gasteiger partial charge in [0.1, 0.15) is 4.21 Å². The second kappa shape index (κ2) is 9.98.